The van der Waals surface area contributed by atoms with Gasteiger partial charge in [-0.05, 0) is 64.5 Å². The Morgan fingerprint density at radius 2 is 1.96 bits per heavy atom. The summed E-state index contributed by atoms with van der Waals surface area (Å²) >= 11 is 0. The molecule has 0 atom stereocenters. The summed E-state index contributed by atoms with van der Waals surface area (Å²) in [4.78, 5) is 4.41. The van der Waals surface area contributed by atoms with Crippen molar-refractivity contribution in [1.82, 2.24) is 0 Å². The van der Waals surface area contributed by atoms with E-state index >= 15 is 0 Å². The molecule has 0 fully saturated rings. The number of phenols is 2. The fraction of sp³-hybridized carbons (Fsp3) is 0.542. The number of benzene rings is 1. The zero-order chi connectivity index (χ0) is 20.5. The number of phenolic OH excluding ortho intramolecular Hbond substituents is 2. The maximum atomic E-state index is 11.0. The van der Waals surface area contributed by atoms with E-state index < -0.39 is 0 Å². The Hall–Kier alpha value is -2.23. The lowest BCUT2D eigenvalue weighted by molar-refractivity contribution is 0.345. The molecule has 0 aromatic heterocycles. The topological polar surface area (TPSA) is 62.0 Å². The van der Waals surface area contributed by atoms with E-state index in [1.807, 2.05) is 0 Å². The van der Waals surface area contributed by atoms with Gasteiger partial charge < -0.3 is 14.9 Å². The Balaban J connectivity index is 2.27. The molecule has 0 aliphatic carbocycles. The Labute approximate surface area is 169 Å². The third-order valence-corrected chi connectivity index (χ3v) is 5.06. The van der Waals surface area contributed by atoms with Crippen LogP contribution in [0.3, 0.4) is 0 Å². The summed E-state index contributed by atoms with van der Waals surface area (Å²) in [5, 5.41) is 21.5. The summed E-state index contributed by atoms with van der Waals surface area (Å²) < 4.78 is 5.65. The molecule has 1 aromatic rings. The number of unbranched alkanes of at least 4 members (excludes halogenated alkanes) is 2. The van der Waals surface area contributed by atoms with E-state index in [1.54, 1.807) is 6.07 Å². The summed E-state index contributed by atoms with van der Waals surface area (Å²) in [7, 11) is 0. The van der Waals surface area contributed by atoms with Gasteiger partial charge >= 0.3 is 0 Å². The van der Waals surface area contributed by atoms with Crippen LogP contribution in [0.5, 0.6) is 11.5 Å². The molecule has 4 nitrogen and oxygen atoms in total. The van der Waals surface area contributed by atoms with Crippen LogP contribution < -0.4 is 0 Å². The lowest BCUT2D eigenvalue weighted by atomic mass is 9.94. The molecule has 0 bridgehead atoms. The van der Waals surface area contributed by atoms with Gasteiger partial charge in [-0.2, -0.15) is 0 Å². The van der Waals surface area contributed by atoms with Crippen LogP contribution >= 0.6 is 0 Å². The van der Waals surface area contributed by atoms with Crippen molar-refractivity contribution in [1.29, 1.82) is 0 Å². The first-order chi connectivity index (χ1) is 13.4. The second-order valence-electron chi connectivity index (χ2n) is 7.82. The number of allylic oxidation sites excluding steroid dienone is 4. The molecule has 154 valence electrons. The molecule has 2 rings (SSSR count). The summed E-state index contributed by atoms with van der Waals surface area (Å²) in [6.07, 6.45) is 10.8. The number of rotatable bonds is 10. The van der Waals surface area contributed by atoms with Gasteiger partial charge in [0.1, 0.15) is 18.1 Å². The van der Waals surface area contributed by atoms with Gasteiger partial charge in [-0.15, -0.1) is 0 Å². The Morgan fingerprint density at radius 3 is 2.61 bits per heavy atom. The van der Waals surface area contributed by atoms with Gasteiger partial charge in [0, 0.05) is 5.56 Å². The van der Waals surface area contributed by atoms with E-state index in [-0.39, 0.29) is 11.5 Å². The highest BCUT2D eigenvalue weighted by molar-refractivity contribution is 5.99. The van der Waals surface area contributed by atoms with Crippen molar-refractivity contribution in [2.24, 2.45) is 4.99 Å². The molecule has 0 saturated heterocycles. The van der Waals surface area contributed by atoms with Crippen molar-refractivity contribution in [3.8, 4) is 11.5 Å². The lowest BCUT2D eigenvalue weighted by Gasteiger charge is -2.16. The number of hydrogen-bond acceptors (Lipinski definition) is 4. The van der Waals surface area contributed by atoms with Crippen LogP contribution in [-0.2, 0) is 17.6 Å². The minimum atomic E-state index is 0.112. The summed E-state index contributed by atoms with van der Waals surface area (Å²) in [6, 6.07) is 1.79. The first kappa shape index (κ1) is 22.1. The van der Waals surface area contributed by atoms with Crippen LogP contribution in [0, 0.1) is 0 Å². The molecule has 4 heteroatoms. The Morgan fingerprint density at radius 1 is 1.18 bits per heavy atom. The predicted octanol–water partition coefficient (Wildman–Crippen LogP) is 5.84. The summed E-state index contributed by atoms with van der Waals surface area (Å²) in [5.74, 6) is 0.773. The molecular weight excluding hydrogens is 350 g/mol. The zero-order valence-electron chi connectivity index (χ0n) is 17.8. The summed E-state index contributed by atoms with van der Waals surface area (Å²) in [6.45, 7) is 9.62. The van der Waals surface area contributed by atoms with Gasteiger partial charge in [-0.25, -0.2) is 4.99 Å². The molecular formula is C24H35NO3. The molecule has 0 spiro atoms. The maximum Gasteiger partial charge on any atom is 0.220 e. The molecule has 0 unspecified atom stereocenters. The molecule has 0 saturated carbocycles. The van der Waals surface area contributed by atoms with Gasteiger partial charge in [-0.1, -0.05) is 43.1 Å². The number of aliphatic imine (C=N–C) groups is 1. The standard InChI is InChI=1S/C24H35NO3/c1-5-6-7-11-19-16-21(26)20(13-12-18(4)10-8-9-17(2)3)23(27)22(19)24-25-14-15-28-24/h9,12,16,26-27H,5-8,10-11,13-15H2,1-4H3. The molecule has 2 N–H and O–H groups in total. The van der Waals surface area contributed by atoms with Crippen molar-refractivity contribution in [2.75, 3.05) is 13.2 Å². The molecule has 1 heterocycles. The predicted molar refractivity (Wildman–Crippen MR) is 116 cm³/mol. The van der Waals surface area contributed by atoms with Crippen LogP contribution in [0.15, 0.2) is 34.4 Å². The van der Waals surface area contributed by atoms with E-state index in [0.717, 1.165) is 44.1 Å². The van der Waals surface area contributed by atoms with E-state index in [2.05, 4.69) is 44.8 Å². The number of aryl methyl sites for hydroxylation is 1. The molecule has 1 aliphatic rings. The smallest absolute Gasteiger partial charge is 0.220 e. The highest BCUT2D eigenvalue weighted by atomic mass is 16.5. The van der Waals surface area contributed by atoms with Gasteiger partial charge in [-0.3, -0.25) is 0 Å². The van der Waals surface area contributed by atoms with Crippen molar-refractivity contribution >= 4 is 5.90 Å². The van der Waals surface area contributed by atoms with E-state index in [1.165, 1.54) is 11.1 Å². The molecule has 1 aromatic carbocycles. The van der Waals surface area contributed by atoms with Crippen molar-refractivity contribution < 1.29 is 14.9 Å². The monoisotopic (exact) mass is 385 g/mol. The summed E-state index contributed by atoms with van der Waals surface area (Å²) in [5.41, 5.74) is 4.70. The van der Waals surface area contributed by atoms with Crippen molar-refractivity contribution in [2.45, 2.75) is 72.6 Å². The first-order valence-electron chi connectivity index (χ1n) is 10.5. The van der Waals surface area contributed by atoms with Crippen molar-refractivity contribution in [3.63, 3.8) is 0 Å². The molecule has 0 amide bonds. The van der Waals surface area contributed by atoms with Crippen LogP contribution in [0.2, 0.25) is 0 Å². The maximum absolute atomic E-state index is 11.0. The second-order valence-corrected chi connectivity index (χ2v) is 7.82. The molecule has 28 heavy (non-hydrogen) atoms. The second kappa shape index (κ2) is 10.9. The third-order valence-electron chi connectivity index (χ3n) is 5.06. The quantitative estimate of drug-likeness (QED) is 0.393. The Bertz CT molecular complexity index is 756. The highest BCUT2D eigenvalue weighted by Gasteiger charge is 2.23. The van der Waals surface area contributed by atoms with Gasteiger partial charge in [0.15, 0.2) is 0 Å². The van der Waals surface area contributed by atoms with E-state index in [9.17, 15) is 10.2 Å². The average molecular weight is 386 g/mol. The number of aromatic hydroxyl groups is 2. The largest absolute Gasteiger partial charge is 0.508 e. The third kappa shape index (κ3) is 6.15. The van der Waals surface area contributed by atoms with Gasteiger partial charge in [0.2, 0.25) is 5.90 Å². The van der Waals surface area contributed by atoms with Gasteiger partial charge in [0.05, 0.1) is 12.1 Å². The average Bonchev–Trinajstić information content (AvgIpc) is 3.15. The highest BCUT2D eigenvalue weighted by Crippen LogP contribution is 2.36. The minimum Gasteiger partial charge on any atom is -0.508 e. The van der Waals surface area contributed by atoms with Gasteiger partial charge in [0.25, 0.3) is 0 Å². The first-order valence-corrected chi connectivity index (χ1v) is 10.5. The van der Waals surface area contributed by atoms with Crippen molar-refractivity contribution in [3.05, 3.63) is 46.1 Å². The Kier molecular flexibility index (Phi) is 8.62. The van der Waals surface area contributed by atoms with Crippen LogP contribution in [-0.4, -0.2) is 29.3 Å². The molecule has 0 radical (unpaired) electrons. The number of ether oxygens (including phenoxy) is 1. The lowest BCUT2D eigenvalue weighted by Crippen LogP contribution is -2.08. The SMILES string of the molecule is CCCCCc1cc(O)c(CC=C(C)CCC=C(C)C)c(O)c1C1=NCCO1. The van der Waals surface area contributed by atoms with E-state index in [4.69, 9.17) is 4.74 Å². The number of hydrogen-bond donors (Lipinski definition) is 2. The van der Waals surface area contributed by atoms with Crippen LogP contribution in [0.4, 0.5) is 0 Å². The fourth-order valence-corrected chi connectivity index (χ4v) is 3.40. The fourth-order valence-electron chi connectivity index (χ4n) is 3.40. The number of nitrogens with zero attached hydrogens (tertiary/aromatic N) is 1. The van der Waals surface area contributed by atoms with Crippen LogP contribution in [0.25, 0.3) is 0 Å². The zero-order valence-corrected chi connectivity index (χ0v) is 17.8. The minimum absolute atomic E-state index is 0.112. The van der Waals surface area contributed by atoms with E-state index in [0.29, 0.717) is 36.6 Å². The van der Waals surface area contributed by atoms with Crippen LogP contribution in [0.1, 0.15) is 76.5 Å². The molecule has 1 aliphatic heterocycles. The normalized spacial score (nSPS) is 14.0.